The van der Waals surface area contributed by atoms with Crippen LogP contribution in [-0.4, -0.2) is 28.2 Å². The highest BCUT2D eigenvalue weighted by atomic mass is 16.5. The lowest BCUT2D eigenvalue weighted by atomic mass is 10.1. The fourth-order valence-corrected chi connectivity index (χ4v) is 2.07. The molecule has 0 radical (unpaired) electrons. The zero-order valence-electron chi connectivity index (χ0n) is 12.8. The molecule has 6 nitrogen and oxygen atoms in total. The number of carbonyl (C=O) groups is 1. The van der Waals surface area contributed by atoms with Crippen LogP contribution in [0.5, 0.6) is 5.75 Å². The summed E-state index contributed by atoms with van der Waals surface area (Å²) < 4.78 is 5.12. The topological polar surface area (TPSA) is 79.9 Å². The largest absolute Gasteiger partial charge is 0.497 e. The standard InChI is InChI=1S/C17H16N4O2/c1-11-3-5-13(6-4-11)16(22)19-17-18-15(20-21-17)12-7-9-14(23-2)10-8-12/h3-10H,1-2H3,(H2,18,19,20,21,22). The number of aromatic nitrogens is 3. The number of rotatable bonds is 4. The quantitative estimate of drug-likeness (QED) is 0.776. The summed E-state index contributed by atoms with van der Waals surface area (Å²) in [5.41, 5.74) is 2.52. The highest BCUT2D eigenvalue weighted by molar-refractivity contribution is 6.03. The number of anilines is 1. The Labute approximate surface area is 133 Å². The van der Waals surface area contributed by atoms with Crippen molar-refractivity contribution in [2.24, 2.45) is 0 Å². The SMILES string of the molecule is COc1ccc(-c2nc(NC(=O)c3ccc(C)cc3)n[nH]2)cc1. The van der Waals surface area contributed by atoms with Crippen LogP contribution < -0.4 is 10.1 Å². The molecule has 0 aliphatic carbocycles. The number of hydrogen-bond acceptors (Lipinski definition) is 4. The van der Waals surface area contributed by atoms with Crippen LogP contribution in [0.25, 0.3) is 11.4 Å². The molecule has 2 aromatic carbocycles. The van der Waals surface area contributed by atoms with E-state index in [1.165, 1.54) is 0 Å². The molecule has 0 unspecified atom stereocenters. The molecule has 0 fully saturated rings. The smallest absolute Gasteiger partial charge is 0.258 e. The Bertz CT molecular complexity index is 807. The zero-order chi connectivity index (χ0) is 16.2. The summed E-state index contributed by atoms with van der Waals surface area (Å²) in [4.78, 5) is 16.4. The minimum Gasteiger partial charge on any atom is -0.497 e. The molecule has 116 valence electrons. The molecule has 0 bridgehead atoms. The van der Waals surface area contributed by atoms with Crippen LogP contribution in [0.1, 0.15) is 15.9 Å². The molecule has 1 aromatic heterocycles. The van der Waals surface area contributed by atoms with Gasteiger partial charge in [0.05, 0.1) is 7.11 Å². The number of ether oxygens (including phenoxy) is 1. The van der Waals surface area contributed by atoms with Gasteiger partial charge >= 0.3 is 0 Å². The van der Waals surface area contributed by atoms with E-state index in [2.05, 4.69) is 20.5 Å². The second-order valence-electron chi connectivity index (χ2n) is 5.06. The molecule has 1 heterocycles. The van der Waals surface area contributed by atoms with Gasteiger partial charge in [-0.3, -0.25) is 15.2 Å². The number of H-pyrrole nitrogens is 1. The Morgan fingerprint density at radius 2 is 1.78 bits per heavy atom. The maximum Gasteiger partial charge on any atom is 0.258 e. The summed E-state index contributed by atoms with van der Waals surface area (Å²) >= 11 is 0. The number of amides is 1. The van der Waals surface area contributed by atoms with Gasteiger partial charge in [0.1, 0.15) is 5.75 Å². The zero-order valence-corrected chi connectivity index (χ0v) is 12.8. The van der Waals surface area contributed by atoms with E-state index in [-0.39, 0.29) is 11.9 Å². The van der Waals surface area contributed by atoms with E-state index >= 15 is 0 Å². The molecule has 1 amide bonds. The van der Waals surface area contributed by atoms with Crippen molar-refractivity contribution in [2.75, 3.05) is 12.4 Å². The average Bonchev–Trinajstić information content (AvgIpc) is 3.04. The molecule has 2 N–H and O–H groups in total. The van der Waals surface area contributed by atoms with E-state index in [1.54, 1.807) is 19.2 Å². The van der Waals surface area contributed by atoms with E-state index in [9.17, 15) is 4.79 Å². The molecule has 0 aliphatic rings. The van der Waals surface area contributed by atoms with Gasteiger partial charge in [-0.25, -0.2) is 0 Å². The van der Waals surface area contributed by atoms with Crippen LogP contribution >= 0.6 is 0 Å². The Morgan fingerprint density at radius 3 is 2.43 bits per heavy atom. The third kappa shape index (κ3) is 3.37. The van der Waals surface area contributed by atoms with Crippen LogP contribution in [-0.2, 0) is 0 Å². The molecule has 23 heavy (non-hydrogen) atoms. The fourth-order valence-electron chi connectivity index (χ4n) is 2.07. The van der Waals surface area contributed by atoms with Crippen molar-refractivity contribution in [2.45, 2.75) is 6.92 Å². The van der Waals surface area contributed by atoms with Crippen LogP contribution in [0, 0.1) is 6.92 Å². The Kier molecular flexibility index (Phi) is 4.05. The van der Waals surface area contributed by atoms with Crippen molar-refractivity contribution in [3.63, 3.8) is 0 Å². The van der Waals surface area contributed by atoms with E-state index in [4.69, 9.17) is 4.74 Å². The van der Waals surface area contributed by atoms with Crippen molar-refractivity contribution in [1.29, 1.82) is 0 Å². The van der Waals surface area contributed by atoms with E-state index in [0.29, 0.717) is 11.4 Å². The highest BCUT2D eigenvalue weighted by Gasteiger charge is 2.10. The summed E-state index contributed by atoms with van der Waals surface area (Å²) in [5, 5.41) is 9.50. The lowest BCUT2D eigenvalue weighted by Gasteiger charge is -2.01. The Balaban J connectivity index is 1.73. The van der Waals surface area contributed by atoms with Crippen molar-refractivity contribution < 1.29 is 9.53 Å². The molecule has 3 rings (SSSR count). The third-order valence-electron chi connectivity index (χ3n) is 3.39. The number of aromatic amines is 1. The molecule has 3 aromatic rings. The summed E-state index contributed by atoms with van der Waals surface area (Å²) in [7, 11) is 1.61. The van der Waals surface area contributed by atoms with E-state index < -0.39 is 0 Å². The molecular weight excluding hydrogens is 292 g/mol. The number of benzene rings is 2. The van der Waals surface area contributed by atoms with Gasteiger partial charge in [-0.2, -0.15) is 4.98 Å². The first kappa shape index (κ1) is 14.8. The van der Waals surface area contributed by atoms with E-state index in [1.807, 2.05) is 43.3 Å². The Hall–Kier alpha value is -3.15. The highest BCUT2D eigenvalue weighted by Crippen LogP contribution is 2.20. The molecule has 0 spiro atoms. The number of nitrogens with zero attached hydrogens (tertiary/aromatic N) is 2. The normalized spacial score (nSPS) is 10.3. The number of methoxy groups -OCH3 is 1. The van der Waals surface area contributed by atoms with Gasteiger partial charge in [0.2, 0.25) is 5.95 Å². The average molecular weight is 308 g/mol. The van der Waals surface area contributed by atoms with Gasteiger partial charge in [-0.15, -0.1) is 5.10 Å². The fraction of sp³-hybridized carbons (Fsp3) is 0.118. The monoisotopic (exact) mass is 308 g/mol. The maximum atomic E-state index is 12.1. The molecular formula is C17H16N4O2. The van der Waals surface area contributed by atoms with Gasteiger partial charge in [-0.1, -0.05) is 17.7 Å². The van der Waals surface area contributed by atoms with Crippen LogP contribution in [0.15, 0.2) is 48.5 Å². The first-order valence-corrected chi connectivity index (χ1v) is 7.10. The van der Waals surface area contributed by atoms with Crippen LogP contribution in [0.2, 0.25) is 0 Å². The third-order valence-corrected chi connectivity index (χ3v) is 3.39. The van der Waals surface area contributed by atoms with Crippen molar-refractivity contribution in [1.82, 2.24) is 15.2 Å². The van der Waals surface area contributed by atoms with E-state index in [0.717, 1.165) is 16.9 Å². The van der Waals surface area contributed by atoms with Gasteiger partial charge in [0, 0.05) is 11.1 Å². The predicted octanol–water partition coefficient (Wildman–Crippen LogP) is 3.04. The second-order valence-corrected chi connectivity index (χ2v) is 5.06. The summed E-state index contributed by atoms with van der Waals surface area (Å²) in [5.74, 6) is 1.33. The number of hydrogen-bond donors (Lipinski definition) is 2. The number of nitrogens with one attached hydrogen (secondary N) is 2. The van der Waals surface area contributed by atoms with Gasteiger partial charge in [0.15, 0.2) is 5.82 Å². The van der Waals surface area contributed by atoms with Crippen LogP contribution in [0.3, 0.4) is 0 Å². The first-order valence-electron chi connectivity index (χ1n) is 7.10. The number of aryl methyl sites for hydroxylation is 1. The first-order chi connectivity index (χ1) is 11.2. The van der Waals surface area contributed by atoms with Crippen LogP contribution in [0.4, 0.5) is 5.95 Å². The van der Waals surface area contributed by atoms with Crippen molar-refractivity contribution in [3.8, 4) is 17.1 Å². The minimum atomic E-state index is -0.245. The number of carbonyl (C=O) groups excluding carboxylic acids is 1. The summed E-state index contributed by atoms with van der Waals surface area (Å²) in [6.45, 7) is 1.97. The van der Waals surface area contributed by atoms with Gasteiger partial charge in [0.25, 0.3) is 5.91 Å². The summed E-state index contributed by atoms with van der Waals surface area (Å²) in [6.07, 6.45) is 0. The second kappa shape index (κ2) is 6.31. The van der Waals surface area contributed by atoms with Crippen molar-refractivity contribution in [3.05, 3.63) is 59.7 Å². The summed E-state index contributed by atoms with van der Waals surface area (Å²) in [6, 6.07) is 14.7. The van der Waals surface area contributed by atoms with Gasteiger partial charge in [-0.05, 0) is 43.3 Å². The lowest BCUT2D eigenvalue weighted by Crippen LogP contribution is -2.12. The Morgan fingerprint density at radius 1 is 1.09 bits per heavy atom. The lowest BCUT2D eigenvalue weighted by molar-refractivity contribution is 0.102. The molecule has 0 saturated carbocycles. The molecule has 0 saturated heterocycles. The molecule has 6 heteroatoms. The van der Waals surface area contributed by atoms with Gasteiger partial charge < -0.3 is 4.74 Å². The van der Waals surface area contributed by atoms with Crippen molar-refractivity contribution >= 4 is 11.9 Å². The minimum absolute atomic E-state index is 0.237. The molecule has 0 aliphatic heterocycles. The maximum absolute atomic E-state index is 12.1. The predicted molar refractivity (Wildman–Crippen MR) is 87.5 cm³/mol. The molecule has 0 atom stereocenters.